The smallest absolute Gasteiger partial charge is 0.373 e. The van der Waals surface area contributed by atoms with Gasteiger partial charge in [-0.2, -0.15) is 0 Å². The Kier molecular flexibility index (Phi) is 2.31. The summed E-state index contributed by atoms with van der Waals surface area (Å²) in [6.07, 6.45) is 0. The summed E-state index contributed by atoms with van der Waals surface area (Å²) in [7, 11) is 1.35. The number of furan rings is 1. The molecular weight excluding hydrogens is 194 g/mol. The number of carbonyl (C=O) groups excluding carboxylic acids is 1. The molecule has 0 bridgehead atoms. The third-order valence-corrected chi connectivity index (χ3v) is 2.69. The maximum Gasteiger partial charge on any atom is 0.373 e. The highest BCUT2D eigenvalue weighted by Crippen LogP contribution is 2.32. The van der Waals surface area contributed by atoms with E-state index in [0.29, 0.717) is 5.76 Å². The Hall–Kier alpha value is -1.29. The molecule has 0 aliphatic carbocycles. The minimum Gasteiger partial charge on any atom is -0.463 e. The first-order valence-electron chi connectivity index (χ1n) is 4.97. The van der Waals surface area contributed by atoms with Crippen LogP contribution in [0.25, 0.3) is 0 Å². The van der Waals surface area contributed by atoms with Gasteiger partial charge < -0.3 is 14.5 Å². The zero-order chi connectivity index (χ0) is 11.1. The Morgan fingerprint density at radius 1 is 1.60 bits per heavy atom. The van der Waals surface area contributed by atoms with E-state index in [4.69, 9.17) is 4.42 Å². The third-order valence-electron chi connectivity index (χ3n) is 2.69. The summed E-state index contributed by atoms with van der Waals surface area (Å²) in [6, 6.07) is 1.76. The quantitative estimate of drug-likeness (QED) is 0.711. The van der Waals surface area contributed by atoms with Crippen molar-refractivity contribution in [3.05, 3.63) is 23.2 Å². The van der Waals surface area contributed by atoms with Gasteiger partial charge in [-0.15, -0.1) is 0 Å². The molecule has 1 aliphatic heterocycles. The second-order valence-corrected chi connectivity index (χ2v) is 4.44. The molecule has 1 aromatic rings. The summed E-state index contributed by atoms with van der Waals surface area (Å²) in [5.74, 6) is 0.765. The van der Waals surface area contributed by atoms with Crippen LogP contribution in [-0.4, -0.2) is 19.6 Å². The van der Waals surface area contributed by atoms with E-state index in [1.807, 2.05) is 0 Å². The van der Waals surface area contributed by atoms with Crippen LogP contribution in [0.15, 0.2) is 10.5 Å². The van der Waals surface area contributed by atoms with E-state index in [9.17, 15) is 4.79 Å². The first kappa shape index (κ1) is 10.2. The summed E-state index contributed by atoms with van der Waals surface area (Å²) in [4.78, 5) is 11.3. The lowest BCUT2D eigenvalue weighted by atomic mass is 9.85. The number of hydrogen-bond acceptors (Lipinski definition) is 4. The van der Waals surface area contributed by atoms with Crippen molar-refractivity contribution in [3.63, 3.8) is 0 Å². The minimum atomic E-state index is -0.416. The second-order valence-electron chi connectivity index (χ2n) is 4.44. The summed E-state index contributed by atoms with van der Waals surface area (Å²) in [6.45, 7) is 5.78. The maximum atomic E-state index is 11.3. The van der Waals surface area contributed by atoms with Gasteiger partial charge in [-0.25, -0.2) is 4.79 Å². The average molecular weight is 209 g/mol. The Morgan fingerprint density at radius 3 is 2.93 bits per heavy atom. The van der Waals surface area contributed by atoms with E-state index in [-0.39, 0.29) is 5.41 Å². The van der Waals surface area contributed by atoms with Gasteiger partial charge in [-0.3, -0.25) is 0 Å². The summed E-state index contributed by atoms with van der Waals surface area (Å²) in [5.41, 5.74) is 0.978. The van der Waals surface area contributed by atoms with Gasteiger partial charge in [0.1, 0.15) is 5.76 Å². The van der Waals surface area contributed by atoms with Crippen molar-refractivity contribution >= 4 is 5.97 Å². The molecule has 0 atom stereocenters. The molecule has 0 radical (unpaired) electrons. The topological polar surface area (TPSA) is 51.5 Å². The van der Waals surface area contributed by atoms with E-state index in [0.717, 1.165) is 24.4 Å². The molecule has 1 N–H and O–H groups in total. The molecule has 0 saturated heterocycles. The van der Waals surface area contributed by atoms with Gasteiger partial charge in [0.15, 0.2) is 0 Å². The van der Waals surface area contributed by atoms with Gasteiger partial charge >= 0.3 is 5.97 Å². The largest absolute Gasteiger partial charge is 0.463 e. The molecule has 1 aliphatic rings. The van der Waals surface area contributed by atoms with Crippen LogP contribution in [0.5, 0.6) is 0 Å². The van der Waals surface area contributed by atoms with Crippen LogP contribution in [-0.2, 0) is 16.7 Å². The number of ether oxygens (including phenoxy) is 1. The summed E-state index contributed by atoms with van der Waals surface area (Å²) in [5, 5.41) is 3.29. The zero-order valence-electron chi connectivity index (χ0n) is 9.22. The van der Waals surface area contributed by atoms with E-state index in [1.165, 1.54) is 7.11 Å². The Balaban J connectivity index is 2.42. The molecule has 0 amide bonds. The number of esters is 1. The molecule has 0 fully saturated rings. The highest BCUT2D eigenvalue weighted by atomic mass is 16.5. The van der Waals surface area contributed by atoms with E-state index < -0.39 is 5.97 Å². The maximum absolute atomic E-state index is 11.3. The van der Waals surface area contributed by atoms with Gasteiger partial charge in [-0.1, -0.05) is 13.8 Å². The van der Waals surface area contributed by atoms with Crippen molar-refractivity contribution in [3.8, 4) is 0 Å². The first-order valence-corrected chi connectivity index (χ1v) is 4.97. The predicted molar refractivity (Wildman–Crippen MR) is 54.8 cm³/mol. The standard InChI is InChI=1S/C11H15NO3/c1-11(2)6-12-5-7-4-8(10(13)14-3)15-9(7)11/h4,12H,5-6H2,1-3H3. The van der Waals surface area contributed by atoms with E-state index in [2.05, 4.69) is 23.9 Å². The number of rotatable bonds is 1. The lowest BCUT2D eigenvalue weighted by molar-refractivity contribution is 0.0561. The van der Waals surface area contributed by atoms with E-state index in [1.54, 1.807) is 6.07 Å². The van der Waals surface area contributed by atoms with Gasteiger partial charge in [0, 0.05) is 24.1 Å². The lowest BCUT2D eigenvalue weighted by Crippen LogP contribution is -2.37. The zero-order valence-corrected chi connectivity index (χ0v) is 9.22. The number of fused-ring (bicyclic) bond motifs is 1. The van der Waals surface area contributed by atoms with Gasteiger partial charge in [-0.05, 0) is 6.07 Å². The average Bonchev–Trinajstić information content (AvgIpc) is 2.61. The molecular formula is C11H15NO3. The fraction of sp³-hybridized carbons (Fsp3) is 0.545. The monoisotopic (exact) mass is 209 g/mol. The van der Waals surface area contributed by atoms with Crippen molar-refractivity contribution in [1.29, 1.82) is 0 Å². The molecule has 4 heteroatoms. The number of nitrogens with one attached hydrogen (secondary N) is 1. The second kappa shape index (κ2) is 3.38. The minimum absolute atomic E-state index is 0.0696. The normalized spacial score (nSPS) is 18.3. The fourth-order valence-electron chi connectivity index (χ4n) is 1.92. The highest BCUT2D eigenvalue weighted by molar-refractivity contribution is 5.86. The molecule has 2 rings (SSSR count). The van der Waals surface area contributed by atoms with Crippen LogP contribution in [0.3, 0.4) is 0 Å². The molecule has 15 heavy (non-hydrogen) atoms. The van der Waals surface area contributed by atoms with Gasteiger partial charge in [0.05, 0.1) is 7.11 Å². The van der Waals surface area contributed by atoms with Crippen molar-refractivity contribution < 1.29 is 13.9 Å². The molecule has 0 saturated carbocycles. The molecule has 1 aromatic heterocycles. The Bertz CT molecular complexity index is 393. The summed E-state index contributed by atoms with van der Waals surface area (Å²) >= 11 is 0. The number of carbonyl (C=O) groups is 1. The molecule has 82 valence electrons. The Labute approximate surface area is 88.6 Å². The number of hydrogen-bond donors (Lipinski definition) is 1. The molecule has 0 unspecified atom stereocenters. The lowest BCUT2D eigenvalue weighted by Gasteiger charge is -2.28. The number of methoxy groups -OCH3 is 1. The van der Waals surface area contributed by atoms with Crippen molar-refractivity contribution in [1.82, 2.24) is 5.32 Å². The van der Waals surface area contributed by atoms with Gasteiger partial charge in [0.25, 0.3) is 0 Å². The highest BCUT2D eigenvalue weighted by Gasteiger charge is 2.32. The van der Waals surface area contributed by atoms with Crippen LogP contribution in [0.1, 0.15) is 35.7 Å². The third kappa shape index (κ3) is 1.65. The van der Waals surface area contributed by atoms with Crippen molar-refractivity contribution in [2.24, 2.45) is 0 Å². The fourth-order valence-corrected chi connectivity index (χ4v) is 1.92. The van der Waals surface area contributed by atoms with E-state index >= 15 is 0 Å². The summed E-state index contributed by atoms with van der Waals surface area (Å²) < 4.78 is 10.2. The van der Waals surface area contributed by atoms with Crippen molar-refractivity contribution in [2.75, 3.05) is 13.7 Å². The molecule has 0 aromatic carbocycles. The molecule has 2 heterocycles. The van der Waals surface area contributed by atoms with Crippen LogP contribution in [0.4, 0.5) is 0 Å². The van der Waals surface area contributed by atoms with Crippen LogP contribution < -0.4 is 5.32 Å². The Morgan fingerprint density at radius 2 is 2.33 bits per heavy atom. The van der Waals surface area contributed by atoms with Crippen LogP contribution >= 0.6 is 0 Å². The van der Waals surface area contributed by atoms with Crippen LogP contribution in [0.2, 0.25) is 0 Å². The molecule has 4 nitrogen and oxygen atoms in total. The first-order chi connectivity index (χ1) is 7.04. The van der Waals surface area contributed by atoms with Crippen LogP contribution in [0, 0.1) is 0 Å². The molecule has 0 spiro atoms. The predicted octanol–water partition coefficient (Wildman–Crippen LogP) is 1.45. The van der Waals surface area contributed by atoms with Gasteiger partial charge in [0.2, 0.25) is 5.76 Å². The van der Waals surface area contributed by atoms with Crippen molar-refractivity contribution in [2.45, 2.75) is 25.8 Å². The SMILES string of the molecule is COC(=O)c1cc2c(o1)C(C)(C)CNC2.